The Kier molecular flexibility index (Phi) is 5.93. The Morgan fingerprint density at radius 1 is 1.12 bits per heavy atom. The molecule has 0 saturated carbocycles. The molecular formula is C16H11Cl3N4O2S. The van der Waals surface area contributed by atoms with Gasteiger partial charge in [0.15, 0.2) is 0 Å². The third kappa shape index (κ3) is 4.62. The predicted octanol–water partition coefficient (Wildman–Crippen LogP) is 5.01. The maximum atomic E-state index is 12.1. The largest absolute Gasteiger partial charge is 0.411 e. The van der Waals surface area contributed by atoms with Crippen LogP contribution in [0.3, 0.4) is 0 Å². The Balaban J connectivity index is 1.59. The van der Waals surface area contributed by atoms with Gasteiger partial charge in [0.05, 0.1) is 21.5 Å². The van der Waals surface area contributed by atoms with E-state index in [1.165, 1.54) is 12.1 Å². The number of aromatic nitrogens is 2. The fourth-order valence-corrected chi connectivity index (χ4v) is 3.13. The number of rotatable bonds is 5. The minimum absolute atomic E-state index is 0.0713. The van der Waals surface area contributed by atoms with E-state index in [9.17, 15) is 4.79 Å². The van der Waals surface area contributed by atoms with Crippen LogP contribution >= 0.6 is 46.6 Å². The van der Waals surface area contributed by atoms with Crippen LogP contribution in [0.15, 0.2) is 46.0 Å². The molecule has 3 aromatic rings. The first kappa shape index (κ1) is 18.8. The molecule has 2 aromatic carbocycles. The summed E-state index contributed by atoms with van der Waals surface area (Å²) in [6.07, 6.45) is 0. The molecule has 3 N–H and O–H groups in total. The van der Waals surface area contributed by atoms with E-state index in [0.717, 1.165) is 17.3 Å². The Morgan fingerprint density at radius 3 is 2.42 bits per heavy atom. The molecular weight excluding hydrogens is 419 g/mol. The smallest absolute Gasteiger partial charge is 0.277 e. The maximum Gasteiger partial charge on any atom is 0.277 e. The Morgan fingerprint density at radius 2 is 1.77 bits per heavy atom. The monoisotopic (exact) mass is 428 g/mol. The summed E-state index contributed by atoms with van der Waals surface area (Å²) in [5, 5.41) is 12.0. The summed E-state index contributed by atoms with van der Waals surface area (Å²) in [6, 6.07) is 10.0. The van der Waals surface area contributed by atoms with Crippen LogP contribution in [0.2, 0.25) is 15.1 Å². The van der Waals surface area contributed by atoms with Crippen LogP contribution in [0.25, 0.3) is 11.5 Å². The molecule has 3 rings (SSSR count). The van der Waals surface area contributed by atoms with Crippen molar-refractivity contribution in [2.75, 3.05) is 16.8 Å². The number of nitrogens with two attached hydrogens (primary N) is 1. The van der Waals surface area contributed by atoms with Gasteiger partial charge in [-0.2, -0.15) is 0 Å². The zero-order chi connectivity index (χ0) is 18.7. The third-order valence-electron chi connectivity index (χ3n) is 3.19. The van der Waals surface area contributed by atoms with Crippen molar-refractivity contribution in [1.82, 2.24) is 10.2 Å². The summed E-state index contributed by atoms with van der Waals surface area (Å²) in [6.45, 7) is 0. The summed E-state index contributed by atoms with van der Waals surface area (Å²) in [5.41, 5.74) is 7.12. The average molecular weight is 430 g/mol. The number of amides is 1. The summed E-state index contributed by atoms with van der Waals surface area (Å²) < 4.78 is 5.52. The van der Waals surface area contributed by atoms with Crippen molar-refractivity contribution < 1.29 is 9.21 Å². The quantitative estimate of drug-likeness (QED) is 0.437. The molecule has 0 bridgehead atoms. The van der Waals surface area contributed by atoms with Gasteiger partial charge >= 0.3 is 0 Å². The van der Waals surface area contributed by atoms with E-state index in [4.69, 9.17) is 45.0 Å². The standard InChI is InChI=1S/C16H11Cl3N4O2S/c17-9-3-1-8(2-4-9)15-22-23-16(25-15)26-7-13(24)21-10-5-11(18)14(20)12(19)6-10/h1-6H,7,20H2,(H,21,24). The van der Waals surface area contributed by atoms with E-state index in [0.29, 0.717) is 16.6 Å². The van der Waals surface area contributed by atoms with Gasteiger partial charge in [-0.15, -0.1) is 10.2 Å². The van der Waals surface area contributed by atoms with Crippen LogP contribution in [0.5, 0.6) is 0 Å². The highest BCUT2D eigenvalue weighted by molar-refractivity contribution is 7.99. The first-order valence-corrected chi connectivity index (χ1v) is 9.31. The van der Waals surface area contributed by atoms with Gasteiger partial charge in [0.2, 0.25) is 11.8 Å². The van der Waals surface area contributed by atoms with Gasteiger partial charge in [0, 0.05) is 16.3 Å². The van der Waals surface area contributed by atoms with E-state index in [1.54, 1.807) is 24.3 Å². The highest BCUT2D eigenvalue weighted by Crippen LogP contribution is 2.31. The molecule has 10 heteroatoms. The zero-order valence-electron chi connectivity index (χ0n) is 13.0. The molecule has 0 fully saturated rings. The number of halogens is 3. The molecule has 1 aromatic heterocycles. The van der Waals surface area contributed by atoms with Crippen molar-refractivity contribution >= 4 is 63.8 Å². The number of anilines is 2. The van der Waals surface area contributed by atoms with Gasteiger partial charge in [-0.25, -0.2) is 0 Å². The van der Waals surface area contributed by atoms with Crippen LogP contribution in [-0.4, -0.2) is 21.9 Å². The van der Waals surface area contributed by atoms with Crippen molar-refractivity contribution in [3.8, 4) is 11.5 Å². The molecule has 0 aliphatic rings. The van der Waals surface area contributed by atoms with Crippen molar-refractivity contribution in [2.45, 2.75) is 5.22 Å². The van der Waals surface area contributed by atoms with Crippen molar-refractivity contribution in [1.29, 1.82) is 0 Å². The molecule has 0 unspecified atom stereocenters. The lowest BCUT2D eigenvalue weighted by Gasteiger charge is -2.07. The molecule has 0 atom stereocenters. The Bertz CT molecular complexity index is 924. The normalized spacial score (nSPS) is 10.7. The molecule has 1 amide bonds. The van der Waals surface area contributed by atoms with E-state index >= 15 is 0 Å². The second-order valence-corrected chi connectivity index (χ2v) is 7.25. The minimum atomic E-state index is -0.279. The number of carbonyl (C=O) groups is 1. The lowest BCUT2D eigenvalue weighted by molar-refractivity contribution is -0.113. The van der Waals surface area contributed by atoms with Crippen molar-refractivity contribution in [3.63, 3.8) is 0 Å². The van der Waals surface area contributed by atoms with Gasteiger partial charge in [-0.3, -0.25) is 4.79 Å². The highest BCUT2D eigenvalue weighted by atomic mass is 35.5. The van der Waals surface area contributed by atoms with E-state index in [1.807, 2.05) is 0 Å². The number of nitrogen functional groups attached to an aromatic ring is 1. The van der Waals surface area contributed by atoms with Crippen LogP contribution < -0.4 is 11.1 Å². The van der Waals surface area contributed by atoms with Gasteiger partial charge < -0.3 is 15.5 Å². The average Bonchev–Trinajstić information content (AvgIpc) is 3.07. The lowest BCUT2D eigenvalue weighted by Crippen LogP contribution is -2.14. The number of benzene rings is 2. The second-order valence-electron chi connectivity index (χ2n) is 5.07. The molecule has 0 aliphatic heterocycles. The van der Waals surface area contributed by atoms with Crippen LogP contribution in [-0.2, 0) is 4.79 Å². The first-order chi connectivity index (χ1) is 12.4. The Labute approximate surface area is 168 Å². The topological polar surface area (TPSA) is 94.0 Å². The van der Waals surface area contributed by atoms with Gasteiger partial charge in [0.1, 0.15) is 0 Å². The number of carbonyl (C=O) groups excluding carboxylic acids is 1. The fourth-order valence-electron chi connectivity index (χ4n) is 1.96. The summed E-state index contributed by atoms with van der Waals surface area (Å²) >= 11 is 18.8. The minimum Gasteiger partial charge on any atom is -0.411 e. The van der Waals surface area contributed by atoms with E-state index in [-0.39, 0.29) is 32.6 Å². The molecule has 0 radical (unpaired) electrons. The van der Waals surface area contributed by atoms with Crippen molar-refractivity contribution in [3.05, 3.63) is 51.5 Å². The van der Waals surface area contributed by atoms with E-state index < -0.39 is 0 Å². The summed E-state index contributed by atoms with van der Waals surface area (Å²) in [5.74, 6) is 0.141. The van der Waals surface area contributed by atoms with Gasteiger partial charge in [-0.05, 0) is 36.4 Å². The van der Waals surface area contributed by atoms with Crippen LogP contribution in [0, 0.1) is 0 Å². The first-order valence-electron chi connectivity index (χ1n) is 7.19. The maximum absolute atomic E-state index is 12.1. The summed E-state index contributed by atoms with van der Waals surface area (Å²) in [4.78, 5) is 12.1. The Hall–Kier alpha value is -1.93. The van der Waals surface area contributed by atoms with Crippen LogP contribution in [0.1, 0.15) is 0 Å². The number of hydrogen-bond acceptors (Lipinski definition) is 6. The molecule has 0 saturated heterocycles. The van der Waals surface area contributed by atoms with Crippen LogP contribution in [0.4, 0.5) is 11.4 Å². The molecule has 0 aliphatic carbocycles. The number of nitrogens with one attached hydrogen (secondary N) is 1. The summed E-state index contributed by atoms with van der Waals surface area (Å²) in [7, 11) is 0. The molecule has 0 spiro atoms. The number of nitrogens with zero attached hydrogens (tertiary/aromatic N) is 2. The fraction of sp³-hybridized carbons (Fsp3) is 0.0625. The molecule has 6 nitrogen and oxygen atoms in total. The third-order valence-corrected chi connectivity index (χ3v) is 4.88. The SMILES string of the molecule is Nc1c(Cl)cc(NC(=O)CSc2nnc(-c3ccc(Cl)cc3)o2)cc1Cl. The van der Waals surface area contributed by atoms with Gasteiger partial charge in [-0.1, -0.05) is 46.6 Å². The molecule has 1 heterocycles. The molecule has 134 valence electrons. The van der Waals surface area contributed by atoms with Crippen molar-refractivity contribution in [2.24, 2.45) is 0 Å². The number of hydrogen-bond donors (Lipinski definition) is 2. The van der Waals surface area contributed by atoms with Gasteiger partial charge in [0.25, 0.3) is 5.22 Å². The zero-order valence-corrected chi connectivity index (χ0v) is 16.1. The molecule has 26 heavy (non-hydrogen) atoms. The second kappa shape index (κ2) is 8.18. The van der Waals surface area contributed by atoms with E-state index in [2.05, 4.69) is 15.5 Å². The lowest BCUT2D eigenvalue weighted by atomic mass is 10.2. The number of thioether (sulfide) groups is 1. The predicted molar refractivity (Wildman–Crippen MR) is 105 cm³/mol. The highest BCUT2D eigenvalue weighted by Gasteiger charge is 2.12.